The molecule has 0 saturated carbocycles. The topological polar surface area (TPSA) is 105 Å². The van der Waals surface area contributed by atoms with Gasteiger partial charge in [0.25, 0.3) is 0 Å². The van der Waals surface area contributed by atoms with E-state index in [1.165, 1.54) is 13.1 Å². The van der Waals surface area contributed by atoms with Gasteiger partial charge in [0.15, 0.2) is 0 Å². The minimum absolute atomic E-state index is 0.0771. The Morgan fingerprint density at radius 2 is 1.90 bits per heavy atom. The van der Waals surface area contributed by atoms with Crippen LogP contribution in [0.5, 0.6) is 5.75 Å². The summed E-state index contributed by atoms with van der Waals surface area (Å²) in [6.45, 7) is -0.331. The number of rotatable bonds is 6. The van der Waals surface area contributed by atoms with Crippen molar-refractivity contribution >= 4 is 33.2 Å². The van der Waals surface area contributed by atoms with E-state index in [0.717, 1.165) is 9.87 Å². The van der Waals surface area contributed by atoms with Crippen LogP contribution in [0.4, 0.5) is 11.4 Å². The van der Waals surface area contributed by atoms with Crippen molar-refractivity contribution in [2.45, 2.75) is 24.2 Å². The summed E-state index contributed by atoms with van der Waals surface area (Å²) >= 11 is 0. The molecule has 1 heterocycles. The highest BCUT2D eigenvalue weighted by atomic mass is 32.2. The molecule has 29 heavy (non-hydrogen) atoms. The zero-order valence-electron chi connectivity index (χ0n) is 16.3. The van der Waals surface area contributed by atoms with Crippen molar-refractivity contribution in [1.29, 1.82) is 0 Å². The maximum absolute atomic E-state index is 12.9. The Balaban J connectivity index is 1.70. The lowest BCUT2D eigenvalue weighted by atomic mass is 10.1. The summed E-state index contributed by atoms with van der Waals surface area (Å²) in [4.78, 5) is 24.0. The molecule has 2 aromatic rings. The first-order valence-corrected chi connectivity index (χ1v) is 10.6. The van der Waals surface area contributed by atoms with E-state index in [0.29, 0.717) is 36.4 Å². The second-order valence-corrected chi connectivity index (χ2v) is 8.80. The van der Waals surface area contributed by atoms with Gasteiger partial charge in [0.1, 0.15) is 5.75 Å². The Kier molecular flexibility index (Phi) is 6.19. The normalized spacial score (nSPS) is 14.0. The van der Waals surface area contributed by atoms with Crippen LogP contribution < -0.4 is 15.4 Å². The highest BCUT2D eigenvalue weighted by molar-refractivity contribution is 7.89. The summed E-state index contributed by atoms with van der Waals surface area (Å²) in [5.41, 5.74) is 1.95. The van der Waals surface area contributed by atoms with Gasteiger partial charge in [-0.3, -0.25) is 9.59 Å². The molecule has 1 aliphatic rings. The van der Waals surface area contributed by atoms with Crippen LogP contribution >= 0.6 is 0 Å². The van der Waals surface area contributed by atoms with Crippen LogP contribution in [-0.4, -0.2) is 45.2 Å². The summed E-state index contributed by atoms with van der Waals surface area (Å²) in [6, 6.07) is 11.3. The molecule has 0 fully saturated rings. The van der Waals surface area contributed by atoms with Crippen molar-refractivity contribution in [3.8, 4) is 5.75 Å². The van der Waals surface area contributed by atoms with E-state index in [9.17, 15) is 18.0 Å². The fourth-order valence-electron chi connectivity index (χ4n) is 3.05. The van der Waals surface area contributed by atoms with Crippen LogP contribution in [0, 0.1) is 0 Å². The minimum Gasteiger partial charge on any atom is -0.497 e. The smallest absolute Gasteiger partial charge is 0.243 e. The average molecular weight is 417 g/mol. The molecule has 1 aliphatic heterocycles. The first kappa shape index (κ1) is 20.8. The fourth-order valence-corrected chi connectivity index (χ4v) is 4.23. The number of carbonyl (C=O) groups excluding carboxylic acids is 2. The molecular weight excluding hydrogens is 394 g/mol. The van der Waals surface area contributed by atoms with E-state index in [1.54, 1.807) is 43.5 Å². The van der Waals surface area contributed by atoms with Gasteiger partial charge in [-0.25, -0.2) is 8.42 Å². The van der Waals surface area contributed by atoms with E-state index >= 15 is 0 Å². The molecule has 0 aliphatic carbocycles. The number of fused-ring (bicyclic) bond motifs is 1. The maximum Gasteiger partial charge on any atom is 0.243 e. The number of sulfonamides is 1. The summed E-state index contributed by atoms with van der Waals surface area (Å²) in [6.07, 6.45) is 1.67. The van der Waals surface area contributed by atoms with E-state index < -0.39 is 15.9 Å². The number of likely N-dealkylation sites (N-methyl/N-ethyl adjacent to an activating group) is 1. The summed E-state index contributed by atoms with van der Waals surface area (Å²) in [7, 11) is -0.953. The second-order valence-electron chi connectivity index (χ2n) is 6.76. The summed E-state index contributed by atoms with van der Waals surface area (Å²) in [5.74, 6) is 0.122. The zero-order valence-corrected chi connectivity index (χ0v) is 17.1. The molecule has 2 amide bonds. The van der Waals surface area contributed by atoms with Gasteiger partial charge in [0.2, 0.25) is 21.8 Å². The standard InChI is InChI=1S/C20H23N3O5S/c1-23(13-20(25)21-15-6-8-16(28-2)9-7-15)29(26,27)17-10-11-18-14(12-17)4-3-5-19(24)22-18/h6-12H,3-5,13H2,1-2H3,(H,21,25)(H,22,24). The molecule has 3 rings (SSSR count). The van der Waals surface area contributed by atoms with E-state index in [2.05, 4.69) is 10.6 Å². The Morgan fingerprint density at radius 3 is 2.59 bits per heavy atom. The van der Waals surface area contributed by atoms with Gasteiger partial charge in [0, 0.05) is 24.8 Å². The molecule has 0 saturated heterocycles. The zero-order chi connectivity index (χ0) is 21.0. The SMILES string of the molecule is COc1ccc(NC(=O)CN(C)S(=O)(=O)c2ccc3c(c2)CCCC(=O)N3)cc1. The molecule has 0 unspecified atom stereocenters. The number of amides is 2. The third-order valence-corrected chi connectivity index (χ3v) is 6.45. The first-order valence-electron chi connectivity index (χ1n) is 9.12. The molecule has 8 nitrogen and oxygen atoms in total. The molecule has 0 atom stereocenters. The fraction of sp³-hybridized carbons (Fsp3) is 0.300. The number of carbonyl (C=O) groups is 2. The third-order valence-electron chi connectivity index (χ3n) is 4.65. The Labute approximate surface area is 169 Å². The van der Waals surface area contributed by atoms with Gasteiger partial charge >= 0.3 is 0 Å². The average Bonchev–Trinajstić information content (AvgIpc) is 2.88. The molecule has 9 heteroatoms. The number of hydrogen-bond donors (Lipinski definition) is 2. The number of nitrogens with zero attached hydrogens (tertiary/aromatic N) is 1. The minimum atomic E-state index is -3.86. The Morgan fingerprint density at radius 1 is 1.17 bits per heavy atom. The van der Waals surface area contributed by atoms with Gasteiger partial charge in [-0.05, 0) is 60.9 Å². The number of ether oxygens (including phenoxy) is 1. The first-order chi connectivity index (χ1) is 13.8. The van der Waals surface area contributed by atoms with Crippen LogP contribution in [-0.2, 0) is 26.0 Å². The predicted molar refractivity (Wildman–Crippen MR) is 109 cm³/mol. The number of hydrogen-bond acceptors (Lipinski definition) is 5. The lowest BCUT2D eigenvalue weighted by Crippen LogP contribution is -2.35. The molecule has 0 aromatic heterocycles. The van der Waals surface area contributed by atoms with Gasteiger partial charge in [-0.15, -0.1) is 0 Å². The highest BCUT2D eigenvalue weighted by Gasteiger charge is 2.25. The summed E-state index contributed by atoms with van der Waals surface area (Å²) in [5, 5.41) is 5.44. The number of aryl methyl sites for hydroxylation is 1. The molecule has 0 radical (unpaired) electrons. The van der Waals surface area contributed by atoms with Crippen molar-refractivity contribution < 1.29 is 22.7 Å². The van der Waals surface area contributed by atoms with Gasteiger partial charge in [-0.2, -0.15) is 4.31 Å². The van der Waals surface area contributed by atoms with Gasteiger partial charge in [-0.1, -0.05) is 0 Å². The lowest BCUT2D eigenvalue weighted by Gasteiger charge is -2.18. The van der Waals surface area contributed by atoms with Crippen molar-refractivity contribution in [3.63, 3.8) is 0 Å². The number of benzene rings is 2. The van der Waals surface area contributed by atoms with Crippen molar-refractivity contribution in [1.82, 2.24) is 4.31 Å². The number of nitrogens with one attached hydrogen (secondary N) is 2. The van der Waals surface area contributed by atoms with Crippen LogP contribution in [0.1, 0.15) is 18.4 Å². The maximum atomic E-state index is 12.9. The van der Waals surface area contributed by atoms with Crippen LogP contribution in [0.2, 0.25) is 0 Å². The number of anilines is 2. The van der Waals surface area contributed by atoms with E-state index in [-0.39, 0.29) is 17.3 Å². The molecule has 0 spiro atoms. The Bertz CT molecular complexity index is 1020. The second kappa shape index (κ2) is 8.62. The number of methoxy groups -OCH3 is 1. The lowest BCUT2D eigenvalue weighted by molar-refractivity contribution is -0.117. The molecular formula is C20H23N3O5S. The Hall–Kier alpha value is -2.91. The largest absolute Gasteiger partial charge is 0.497 e. The molecule has 2 aromatic carbocycles. The van der Waals surface area contributed by atoms with Crippen LogP contribution in [0.15, 0.2) is 47.4 Å². The van der Waals surface area contributed by atoms with Crippen molar-refractivity contribution in [2.75, 3.05) is 31.3 Å². The third kappa shape index (κ3) is 4.93. The molecule has 0 bridgehead atoms. The van der Waals surface area contributed by atoms with Crippen LogP contribution in [0.3, 0.4) is 0 Å². The predicted octanol–water partition coefficient (Wildman–Crippen LogP) is 2.23. The summed E-state index contributed by atoms with van der Waals surface area (Å²) < 4.78 is 31.8. The molecule has 154 valence electrons. The van der Waals surface area contributed by atoms with Gasteiger partial charge < -0.3 is 15.4 Å². The van der Waals surface area contributed by atoms with Crippen molar-refractivity contribution in [2.24, 2.45) is 0 Å². The highest BCUT2D eigenvalue weighted by Crippen LogP contribution is 2.26. The monoisotopic (exact) mass is 417 g/mol. The van der Waals surface area contributed by atoms with Gasteiger partial charge in [0.05, 0.1) is 18.6 Å². The molecule has 2 N–H and O–H groups in total. The quantitative estimate of drug-likeness (QED) is 0.750. The van der Waals surface area contributed by atoms with Crippen LogP contribution in [0.25, 0.3) is 0 Å². The van der Waals surface area contributed by atoms with E-state index in [4.69, 9.17) is 4.74 Å². The van der Waals surface area contributed by atoms with Crippen molar-refractivity contribution in [3.05, 3.63) is 48.0 Å². The van der Waals surface area contributed by atoms with E-state index in [1.807, 2.05) is 0 Å².